The van der Waals surface area contributed by atoms with Gasteiger partial charge in [-0.05, 0) is 24.3 Å². The summed E-state index contributed by atoms with van der Waals surface area (Å²) >= 11 is 3.32. The zero-order valence-corrected chi connectivity index (χ0v) is 11.1. The lowest BCUT2D eigenvalue weighted by atomic mass is 10.1. The Morgan fingerprint density at radius 1 is 1.06 bits per heavy atom. The Bertz CT molecular complexity index is 525. The highest BCUT2D eigenvalue weighted by atomic mass is 79.9. The standard InChI is InChI=1S/C14H12BrNO2/c15-11-6-8-12(9-7-11)16-14(18)13(17)10-4-2-1-3-5-10/h1-9,14,16,18H. The Morgan fingerprint density at radius 3 is 2.28 bits per heavy atom. The Morgan fingerprint density at radius 2 is 1.67 bits per heavy atom. The van der Waals surface area contributed by atoms with Gasteiger partial charge in [-0.15, -0.1) is 0 Å². The second-order valence-electron chi connectivity index (χ2n) is 3.78. The fraction of sp³-hybridized carbons (Fsp3) is 0.0714. The van der Waals surface area contributed by atoms with E-state index in [0.29, 0.717) is 11.3 Å². The van der Waals surface area contributed by atoms with Crippen LogP contribution >= 0.6 is 15.9 Å². The largest absolute Gasteiger partial charge is 0.367 e. The van der Waals surface area contributed by atoms with E-state index in [1.807, 2.05) is 18.2 Å². The summed E-state index contributed by atoms with van der Waals surface area (Å²) in [5.41, 5.74) is 1.17. The minimum Gasteiger partial charge on any atom is -0.367 e. The van der Waals surface area contributed by atoms with E-state index in [2.05, 4.69) is 21.2 Å². The van der Waals surface area contributed by atoms with Crippen LogP contribution < -0.4 is 5.32 Å². The Labute approximate surface area is 114 Å². The average Bonchev–Trinajstić information content (AvgIpc) is 2.41. The highest BCUT2D eigenvalue weighted by Gasteiger charge is 2.16. The van der Waals surface area contributed by atoms with E-state index in [1.165, 1.54) is 0 Å². The highest BCUT2D eigenvalue weighted by molar-refractivity contribution is 9.10. The summed E-state index contributed by atoms with van der Waals surface area (Å²) in [6.07, 6.45) is -1.24. The third-order valence-electron chi connectivity index (χ3n) is 2.45. The number of rotatable bonds is 4. The molecule has 1 atom stereocenters. The summed E-state index contributed by atoms with van der Waals surface area (Å²) in [7, 11) is 0. The maximum Gasteiger partial charge on any atom is 0.211 e. The van der Waals surface area contributed by atoms with Crippen molar-refractivity contribution in [2.45, 2.75) is 6.23 Å². The van der Waals surface area contributed by atoms with Crippen molar-refractivity contribution in [1.82, 2.24) is 0 Å². The second-order valence-corrected chi connectivity index (χ2v) is 4.70. The molecule has 0 radical (unpaired) electrons. The third kappa shape index (κ3) is 3.18. The predicted molar refractivity (Wildman–Crippen MR) is 74.5 cm³/mol. The summed E-state index contributed by atoms with van der Waals surface area (Å²) in [5.74, 6) is -0.349. The van der Waals surface area contributed by atoms with Crippen molar-refractivity contribution >= 4 is 27.4 Å². The SMILES string of the molecule is O=C(c1ccccc1)C(O)Nc1ccc(Br)cc1. The molecule has 2 aromatic rings. The summed E-state index contributed by atoms with van der Waals surface area (Å²) in [4.78, 5) is 11.9. The number of benzene rings is 2. The summed E-state index contributed by atoms with van der Waals surface area (Å²) in [6, 6.07) is 15.9. The molecule has 0 bridgehead atoms. The molecule has 2 rings (SSSR count). The van der Waals surface area contributed by atoms with Gasteiger partial charge in [-0.2, -0.15) is 0 Å². The summed E-state index contributed by atoms with van der Waals surface area (Å²) in [6.45, 7) is 0. The van der Waals surface area contributed by atoms with Crippen LogP contribution in [0.4, 0.5) is 5.69 Å². The first kappa shape index (κ1) is 12.8. The maximum absolute atomic E-state index is 11.9. The fourth-order valence-electron chi connectivity index (χ4n) is 1.53. The van der Waals surface area contributed by atoms with Crippen LogP contribution in [0.25, 0.3) is 0 Å². The lowest BCUT2D eigenvalue weighted by Crippen LogP contribution is -2.29. The number of aliphatic hydroxyl groups excluding tert-OH is 1. The van der Waals surface area contributed by atoms with Crippen LogP contribution in [-0.2, 0) is 0 Å². The van der Waals surface area contributed by atoms with E-state index < -0.39 is 6.23 Å². The summed E-state index contributed by atoms with van der Waals surface area (Å²) in [5, 5.41) is 12.6. The molecule has 0 aliphatic carbocycles. The van der Waals surface area contributed by atoms with Gasteiger partial charge in [0.1, 0.15) is 0 Å². The Balaban J connectivity index is 2.06. The van der Waals surface area contributed by atoms with Crippen molar-refractivity contribution in [2.75, 3.05) is 5.32 Å². The lowest BCUT2D eigenvalue weighted by molar-refractivity contribution is 0.0793. The molecule has 0 aliphatic rings. The highest BCUT2D eigenvalue weighted by Crippen LogP contribution is 2.15. The van der Waals surface area contributed by atoms with Crippen molar-refractivity contribution in [2.24, 2.45) is 0 Å². The lowest BCUT2D eigenvalue weighted by Gasteiger charge is -2.13. The van der Waals surface area contributed by atoms with Crippen molar-refractivity contribution in [3.8, 4) is 0 Å². The van der Waals surface area contributed by atoms with Gasteiger partial charge in [-0.1, -0.05) is 46.3 Å². The van der Waals surface area contributed by atoms with Crippen molar-refractivity contribution in [3.63, 3.8) is 0 Å². The van der Waals surface area contributed by atoms with Gasteiger partial charge >= 0.3 is 0 Å². The first-order chi connectivity index (χ1) is 8.66. The molecule has 3 nitrogen and oxygen atoms in total. The molecule has 2 N–H and O–H groups in total. The number of carbonyl (C=O) groups is 1. The van der Waals surface area contributed by atoms with E-state index in [-0.39, 0.29) is 5.78 Å². The normalized spacial score (nSPS) is 11.9. The number of hydrogen-bond acceptors (Lipinski definition) is 3. The zero-order chi connectivity index (χ0) is 13.0. The number of nitrogens with one attached hydrogen (secondary N) is 1. The quantitative estimate of drug-likeness (QED) is 0.674. The molecule has 0 saturated carbocycles. The van der Waals surface area contributed by atoms with E-state index in [1.54, 1.807) is 36.4 Å². The van der Waals surface area contributed by atoms with Gasteiger partial charge in [-0.25, -0.2) is 0 Å². The zero-order valence-electron chi connectivity index (χ0n) is 9.51. The van der Waals surface area contributed by atoms with E-state index in [0.717, 1.165) is 4.47 Å². The minimum atomic E-state index is -1.24. The topological polar surface area (TPSA) is 49.3 Å². The van der Waals surface area contributed by atoms with Gasteiger partial charge in [0.2, 0.25) is 5.78 Å². The van der Waals surface area contributed by atoms with Crippen LogP contribution in [-0.4, -0.2) is 17.1 Å². The Kier molecular flexibility index (Phi) is 4.12. The first-order valence-corrected chi connectivity index (χ1v) is 6.25. The van der Waals surface area contributed by atoms with Gasteiger partial charge in [0, 0.05) is 15.7 Å². The second kappa shape index (κ2) is 5.80. The Hall–Kier alpha value is -1.65. The van der Waals surface area contributed by atoms with Crippen LogP contribution in [0.5, 0.6) is 0 Å². The third-order valence-corrected chi connectivity index (χ3v) is 2.98. The van der Waals surface area contributed by atoms with Gasteiger partial charge in [0.15, 0.2) is 6.23 Å². The maximum atomic E-state index is 11.9. The molecule has 0 amide bonds. The molecule has 2 aromatic carbocycles. The molecule has 92 valence electrons. The molecule has 1 unspecified atom stereocenters. The van der Waals surface area contributed by atoms with E-state index in [4.69, 9.17) is 0 Å². The van der Waals surface area contributed by atoms with Crippen LogP contribution in [0, 0.1) is 0 Å². The average molecular weight is 306 g/mol. The first-order valence-electron chi connectivity index (χ1n) is 5.46. The van der Waals surface area contributed by atoms with Gasteiger partial charge in [0.05, 0.1) is 0 Å². The molecular weight excluding hydrogens is 294 g/mol. The predicted octanol–water partition coefficient (Wildman–Crippen LogP) is 3.06. The monoisotopic (exact) mass is 305 g/mol. The number of carbonyl (C=O) groups excluding carboxylic acids is 1. The molecule has 0 fully saturated rings. The van der Waals surface area contributed by atoms with Crippen molar-refractivity contribution in [1.29, 1.82) is 0 Å². The van der Waals surface area contributed by atoms with Gasteiger partial charge in [0.25, 0.3) is 0 Å². The fourth-order valence-corrected chi connectivity index (χ4v) is 1.79. The van der Waals surface area contributed by atoms with Crippen LogP contribution in [0.2, 0.25) is 0 Å². The number of ketones is 1. The molecule has 18 heavy (non-hydrogen) atoms. The van der Waals surface area contributed by atoms with E-state index >= 15 is 0 Å². The van der Waals surface area contributed by atoms with Crippen LogP contribution in [0.15, 0.2) is 59.1 Å². The molecule has 4 heteroatoms. The number of hydrogen-bond donors (Lipinski definition) is 2. The number of Topliss-reactive ketones (excluding diaryl/α,β-unsaturated/α-hetero) is 1. The van der Waals surface area contributed by atoms with Crippen molar-refractivity contribution < 1.29 is 9.90 Å². The van der Waals surface area contributed by atoms with Gasteiger partial charge in [-0.3, -0.25) is 4.79 Å². The van der Waals surface area contributed by atoms with Gasteiger partial charge < -0.3 is 10.4 Å². The molecular formula is C14H12BrNO2. The smallest absolute Gasteiger partial charge is 0.211 e. The molecule has 0 saturated heterocycles. The number of halogens is 1. The molecule has 0 aromatic heterocycles. The molecule has 0 spiro atoms. The van der Waals surface area contributed by atoms with Crippen LogP contribution in [0.1, 0.15) is 10.4 Å². The molecule has 0 aliphatic heterocycles. The minimum absolute atomic E-state index is 0.349. The number of aliphatic hydroxyl groups is 1. The summed E-state index contributed by atoms with van der Waals surface area (Å²) < 4.78 is 0.942. The van der Waals surface area contributed by atoms with E-state index in [9.17, 15) is 9.90 Å². The van der Waals surface area contributed by atoms with Crippen molar-refractivity contribution in [3.05, 3.63) is 64.6 Å². The number of anilines is 1. The van der Waals surface area contributed by atoms with Crippen LogP contribution in [0.3, 0.4) is 0 Å². The molecule has 0 heterocycles.